The lowest BCUT2D eigenvalue weighted by molar-refractivity contribution is -0.165. The van der Waals surface area contributed by atoms with Gasteiger partial charge in [-0.3, -0.25) is 4.79 Å². The molecule has 5 heteroatoms. The van der Waals surface area contributed by atoms with E-state index in [1.165, 1.54) is 14.0 Å². The molecule has 0 radical (unpaired) electrons. The first-order valence-electron chi connectivity index (χ1n) is 2.85. The maximum atomic E-state index is 11.5. The molecule has 0 heterocycles. The van der Waals surface area contributed by atoms with Crippen LogP contribution in [-0.2, 0) is 4.79 Å². The molecular formula is C6H8F3NO. The molecule has 0 rings (SSSR count). The number of halogens is 3. The zero-order chi connectivity index (χ0) is 9.07. The second-order valence-corrected chi connectivity index (χ2v) is 1.94. The van der Waals surface area contributed by atoms with E-state index in [-0.39, 0.29) is 5.70 Å². The number of hydrogen-bond donors (Lipinski definition) is 1. The van der Waals surface area contributed by atoms with E-state index in [1.54, 1.807) is 0 Å². The number of allylic oxidation sites excluding steroid dienone is 2. The Balaban J connectivity index is 4.30. The highest BCUT2D eigenvalue weighted by Gasteiger charge is 2.36. The van der Waals surface area contributed by atoms with E-state index in [1.807, 2.05) is 0 Å². The SMILES string of the molecule is CN/C(C)=C/C(=O)C(F)(F)F. The van der Waals surface area contributed by atoms with Crippen molar-refractivity contribution < 1.29 is 18.0 Å². The third-order valence-corrected chi connectivity index (χ3v) is 1.02. The fourth-order valence-electron chi connectivity index (χ4n) is 0.351. The zero-order valence-electron chi connectivity index (χ0n) is 6.12. The topological polar surface area (TPSA) is 29.1 Å². The molecule has 0 atom stereocenters. The molecule has 2 nitrogen and oxygen atoms in total. The van der Waals surface area contributed by atoms with Gasteiger partial charge < -0.3 is 5.32 Å². The summed E-state index contributed by atoms with van der Waals surface area (Å²) >= 11 is 0. The van der Waals surface area contributed by atoms with E-state index in [0.717, 1.165) is 0 Å². The molecule has 0 spiro atoms. The first-order valence-corrected chi connectivity index (χ1v) is 2.85. The maximum Gasteiger partial charge on any atom is 0.454 e. The number of hydrogen-bond acceptors (Lipinski definition) is 2. The first-order chi connectivity index (χ1) is 4.88. The quantitative estimate of drug-likeness (QED) is 0.627. The molecule has 64 valence electrons. The van der Waals surface area contributed by atoms with Crippen molar-refractivity contribution in [2.24, 2.45) is 0 Å². The number of carbonyl (C=O) groups is 1. The highest BCUT2D eigenvalue weighted by atomic mass is 19.4. The van der Waals surface area contributed by atoms with Crippen LogP contribution in [0.5, 0.6) is 0 Å². The van der Waals surface area contributed by atoms with Crippen molar-refractivity contribution in [2.45, 2.75) is 13.1 Å². The van der Waals surface area contributed by atoms with Gasteiger partial charge in [0.25, 0.3) is 5.78 Å². The average Bonchev–Trinajstić information content (AvgIpc) is 1.85. The van der Waals surface area contributed by atoms with Gasteiger partial charge in [-0.15, -0.1) is 0 Å². The van der Waals surface area contributed by atoms with Gasteiger partial charge in [-0.05, 0) is 6.92 Å². The summed E-state index contributed by atoms with van der Waals surface area (Å²) in [4.78, 5) is 10.2. The van der Waals surface area contributed by atoms with Crippen molar-refractivity contribution in [1.29, 1.82) is 0 Å². The van der Waals surface area contributed by atoms with Crippen LogP contribution in [0.3, 0.4) is 0 Å². The Kier molecular flexibility index (Phi) is 3.10. The minimum absolute atomic E-state index is 0.187. The number of ketones is 1. The molecule has 0 aromatic rings. The monoisotopic (exact) mass is 167 g/mol. The molecule has 0 aromatic carbocycles. The molecule has 0 saturated carbocycles. The van der Waals surface area contributed by atoms with Crippen LogP contribution in [-0.4, -0.2) is 19.0 Å². The van der Waals surface area contributed by atoms with Crippen LogP contribution < -0.4 is 5.32 Å². The summed E-state index contributed by atoms with van der Waals surface area (Å²) in [5.74, 6) is -1.84. The number of carbonyl (C=O) groups excluding carboxylic acids is 1. The lowest BCUT2D eigenvalue weighted by Crippen LogP contribution is -2.21. The normalized spacial score (nSPS) is 13.0. The number of nitrogens with one attached hydrogen (secondary N) is 1. The summed E-state index contributed by atoms with van der Waals surface area (Å²) in [5, 5.41) is 2.41. The highest BCUT2D eigenvalue weighted by Crippen LogP contribution is 2.16. The molecule has 0 bridgehead atoms. The molecule has 0 aliphatic heterocycles. The van der Waals surface area contributed by atoms with Gasteiger partial charge in [-0.2, -0.15) is 13.2 Å². The van der Waals surface area contributed by atoms with Gasteiger partial charge in [0.15, 0.2) is 0 Å². The first kappa shape index (κ1) is 10.0. The van der Waals surface area contributed by atoms with Gasteiger partial charge >= 0.3 is 6.18 Å². The third kappa shape index (κ3) is 3.64. The maximum absolute atomic E-state index is 11.5. The summed E-state index contributed by atoms with van der Waals surface area (Å²) in [6.45, 7) is 1.38. The van der Waals surface area contributed by atoms with E-state index < -0.39 is 12.0 Å². The second-order valence-electron chi connectivity index (χ2n) is 1.94. The lowest BCUT2D eigenvalue weighted by Gasteiger charge is -2.01. The molecule has 0 amide bonds. The molecule has 0 fully saturated rings. The van der Waals surface area contributed by atoms with Gasteiger partial charge in [0.1, 0.15) is 0 Å². The standard InChI is InChI=1S/C6H8F3NO/c1-4(10-2)3-5(11)6(7,8)9/h3,10H,1-2H3/b4-3+. The Bertz CT molecular complexity index is 183. The summed E-state index contributed by atoms with van der Waals surface area (Å²) in [5.41, 5.74) is 0.187. The Hall–Kier alpha value is -1.00. The molecule has 0 saturated heterocycles. The molecule has 0 aliphatic rings. The van der Waals surface area contributed by atoms with Crippen molar-refractivity contribution >= 4 is 5.78 Å². The summed E-state index contributed by atoms with van der Waals surface area (Å²) in [6, 6.07) is 0. The van der Waals surface area contributed by atoms with E-state index in [4.69, 9.17) is 0 Å². The van der Waals surface area contributed by atoms with Crippen molar-refractivity contribution in [3.05, 3.63) is 11.8 Å². The molecule has 1 N–H and O–H groups in total. The molecule has 0 unspecified atom stereocenters. The van der Waals surface area contributed by atoms with Crippen molar-refractivity contribution in [3.63, 3.8) is 0 Å². The Morgan fingerprint density at radius 3 is 2.18 bits per heavy atom. The minimum Gasteiger partial charge on any atom is -0.392 e. The molecule has 0 aromatic heterocycles. The van der Waals surface area contributed by atoms with Crippen LogP contribution in [0, 0.1) is 0 Å². The number of rotatable bonds is 2. The number of alkyl halides is 3. The second kappa shape index (κ2) is 3.41. The largest absolute Gasteiger partial charge is 0.454 e. The van der Waals surface area contributed by atoms with Crippen molar-refractivity contribution in [1.82, 2.24) is 5.32 Å². The summed E-state index contributed by atoms with van der Waals surface area (Å²) in [7, 11) is 1.44. The predicted octanol–water partition coefficient (Wildman–Crippen LogP) is 1.24. The van der Waals surface area contributed by atoms with Gasteiger partial charge in [0.2, 0.25) is 0 Å². The minimum atomic E-state index is -4.77. The van der Waals surface area contributed by atoms with Crippen LogP contribution >= 0.6 is 0 Å². The Morgan fingerprint density at radius 2 is 1.91 bits per heavy atom. The van der Waals surface area contributed by atoms with E-state index in [0.29, 0.717) is 6.08 Å². The fraction of sp³-hybridized carbons (Fsp3) is 0.500. The van der Waals surface area contributed by atoms with Gasteiger partial charge in [0.05, 0.1) is 0 Å². The van der Waals surface area contributed by atoms with Crippen LogP contribution in [0.15, 0.2) is 11.8 Å². The van der Waals surface area contributed by atoms with E-state index in [9.17, 15) is 18.0 Å². The van der Waals surface area contributed by atoms with Crippen LogP contribution in [0.1, 0.15) is 6.92 Å². The van der Waals surface area contributed by atoms with E-state index in [2.05, 4.69) is 5.32 Å². The van der Waals surface area contributed by atoms with Gasteiger partial charge in [-0.1, -0.05) is 0 Å². The summed E-state index contributed by atoms with van der Waals surface area (Å²) < 4.78 is 34.6. The van der Waals surface area contributed by atoms with Crippen LogP contribution in [0.4, 0.5) is 13.2 Å². The zero-order valence-corrected chi connectivity index (χ0v) is 6.12. The molecule has 11 heavy (non-hydrogen) atoms. The fourth-order valence-corrected chi connectivity index (χ4v) is 0.351. The average molecular weight is 167 g/mol. The molecular weight excluding hydrogens is 159 g/mol. The van der Waals surface area contributed by atoms with Crippen LogP contribution in [0.25, 0.3) is 0 Å². The predicted molar refractivity (Wildman–Crippen MR) is 33.9 cm³/mol. The Morgan fingerprint density at radius 1 is 1.45 bits per heavy atom. The van der Waals surface area contributed by atoms with E-state index >= 15 is 0 Å². The van der Waals surface area contributed by atoms with Crippen LogP contribution in [0.2, 0.25) is 0 Å². The third-order valence-electron chi connectivity index (χ3n) is 1.02. The van der Waals surface area contributed by atoms with Gasteiger partial charge in [0, 0.05) is 18.8 Å². The lowest BCUT2D eigenvalue weighted by atomic mass is 10.3. The van der Waals surface area contributed by atoms with Gasteiger partial charge in [-0.25, -0.2) is 0 Å². The smallest absolute Gasteiger partial charge is 0.392 e. The Labute approximate surface area is 62.1 Å². The molecule has 0 aliphatic carbocycles. The van der Waals surface area contributed by atoms with Crippen molar-refractivity contribution in [2.75, 3.05) is 7.05 Å². The van der Waals surface area contributed by atoms with Crippen molar-refractivity contribution in [3.8, 4) is 0 Å². The highest BCUT2D eigenvalue weighted by molar-refractivity contribution is 5.94. The summed E-state index contributed by atoms with van der Waals surface area (Å²) in [6.07, 6.45) is -4.25.